The van der Waals surface area contributed by atoms with Crippen molar-refractivity contribution in [3.8, 4) is 5.75 Å². The molecular weight excluding hydrogens is 164 g/mol. The maximum atomic E-state index is 9.88. The summed E-state index contributed by atoms with van der Waals surface area (Å²) in [6.07, 6.45) is 2.66. The zero-order chi connectivity index (χ0) is 9.90. The Bertz CT molecular complexity index is 321. The molecule has 0 saturated heterocycles. The molecule has 0 atom stereocenters. The van der Waals surface area contributed by atoms with Gasteiger partial charge in [-0.25, -0.2) is 0 Å². The van der Waals surface area contributed by atoms with Gasteiger partial charge in [-0.05, 0) is 6.07 Å². The van der Waals surface area contributed by atoms with Gasteiger partial charge in [-0.3, -0.25) is 0 Å². The van der Waals surface area contributed by atoms with Crippen molar-refractivity contribution in [2.45, 2.75) is 5.60 Å². The number of hydrogen-bond acceptors (Lipinski definition) is 2. The van der Waals surface area contributed by atoms with Crippen LogP contribution in [-0.2, 0) is 5.60 Å². The van der Waals surface area contributed by atoms with Crippen molar-refractivity contribution < 1.29 is 10.2 Å². The van der Waals surface area contributed by atoms with Crippen LogP contribution in [0.4, 0.5) is 0 Å². The molecule has 1 aromatic carbocycles. The summed E-state index contributed by atoms with van der Waals surface area (Å²) in [5.74, 6) is 0.0322. The Balaban J connectivity index is 3.27. The highest BCUT2D eigenvalue weighted by molar-refractivity contribution is 5.41. The highest BCUT2D eigenvalue weighted by atomic mass is 16.3. The molecule has 0 aliphatic rings. The van der Waals surface area contributed by atoms with E-state index in [1.165, 1.54) is 18.2 Å². The Hall–Kier alpha value is -1.54. The van der Waals surface area contributed by atoms with Crippen LogP contribution in [0.5, 0.6) is 5.75 Å². The van der Waals surface area contributed by atoms with E-state index in [0.29, 0.717) is 5.56 Å². The van der Waals surface area contributed by atoms with Crippen LogP contribution in [0.25, 0.3) is 0 Å². The molecule has 1 aromatic rings. The molecule has 0 fully saturated rings. The summed E-state index contributed by atoms with van der Waals surface area (Å²) in [5, 5.41) is 19.3. The molecule has 2 heteroatoms. The van der Waals surface area contributed by atoms with E-state index in [9.17, 15) is 10.2 Å². The average Bonchev–Trinajstić information content (AvgIpc) is 2.17. The third-order valence-electron chi connectivity index (χ3n) is 1.96. The van der Waals surface area contributed by atoms with Crippen LogP contribution in [0.2, 0.25) is 0 Å². The van der Waals surface area contributed by atoms with Crippen LogP contribution in [0, 0.1) is 0 Å². The van der Waals surface area contributed by atoms with Crippen molar-refractivity contribution in [3.05, 3.63) is 55.1 Å². The maximum Gasteiger partial charge on any atom is 0.129 e. The van der Waals surface area contributed by atoms with Gasteiger partial charge in [0.2, 0.25) is 0 Å². The Kier molecular flexibility index (Phi) is 2.54. The predicted molar refractivity (Wildman–Crippen MR) is 52.4 cm³/mol. The molecule has 0 amide bonds. The SMILES string of the molecule is C=CC(O)(C=C)c1ccccc1O. The van der Waals surface area contributed by atoms with E-state index in [4.69, 9.17) is 0 Å². The third kappa shape index (κ3) is 1.63. The van der Waals surface area contributed by atoms with Gasteiger partial charge in [-0.2, -0.15) is 0 Å². The van der Waals surface area contributed by atoms with Crippen molar-refractivity contribution >= 4 is 0 Å². The van der Waals surface area contributed by atoms with Gasteiger partial charge >= 0.3 is 0 Å². The summed E-state index contributed by atoms with van der Waals surface area (Å²) in [6, 6.07) is 6.55. The highest BCUT2D eigenvalue weighted by Gasteiger charge is 2.23. The number of para-hydroxylation sites is 1. The molecule has 68 valence electrons. The fourth-order valence-corrected chi connectivity index (χ4v) is 1.12. The van der Waals surface area contributed by atoms with Gasteiger partial charge < -0.3 is 10.2 Å². The predicted octanol–water partition coefficient (Wildman–Crippen LogP) is 1.95. The van der Waals surface area contributed by atoms with Crippen molar-refractivity contribution in [2.24, 2.45) is 0 Å². The first-order valence-corrected chi connectivity index (χ1v) is 3.92. The smallest absolute Gasteiger partial charge is 0.129 e. The summed E-state index contributed by atoms with van der Waals surface area (Å²) in [4.78, 5) is 0. The van der Waals surface area contributed by atoms with Crippen molar-refractivity contribution in [1.29, 1.82) is 0 Å². The highest BCUT2D eigenvalue weighted by Crippen LogP contribution is 2.30. The molecule has 0 aliphatic heterocycles. The summed E-state index contributed by atoms with van der Waals surface area (Å²) in [5.41, 5.74) is -0.967. The Labute approximate surface area is 77.5 Å². The fourth-order valence-electron chi connectivity index (χ4n) is 1.12. The van der Waals surface area contributed by atoms with Gasteiger partial charge in [0.05, 0.1) is 0 Å². The standard InChI is InChI=1S/C11H12O2/c1-3-11(13,4-2)9-7-5-6-8-10(9)12/h3-8,12-13H,1-2H2. The number of phenolic OH excluding ortho intramolecular Hbond substituents is 1. The van der Waals surface area contributed by atoms with Crippen LogP contribution in [0.1, 0.15) is 5.56 Å². The minimum absolute atomic E-state index is 0.0322. The molecule has 0 heterocycles. The van der Waals surface area contributed by atoms with Crippen molar-refractivity contribution in [2.75, 3.05) is 0 Å². The summed E-state index contributed by atoms with van der Waals surface area (Å²) < 4.78 is 0. The number of aliphatic hydroxyl groups is 1. The zero-order valence-electron chi connectivity index (χ0n) is 7.27. The lowest BCUT2D eigenvalue weighted by atomic mass is 9.93. The number of phenols is 1. The van der Waals surface area contributed by atoms with Crippen LogP contribution in [0.3, 0.4) is 0 Å². The zero-order valence-corrected chi connectivity index (χ0v) is 7.27. The van der Waals surface area contributed by atoms with Crippen LogP contribution in [-0.4, -0.2) is 10.2 Å². The largest absolute Gasteiger partial charge is 0.508 e. The second-order valence-corrected chi connectivity index (χ2v) is 2.75. The van der Waals surface area contributed by atoms with Gasteiger partial charge in [0, 0.05) is 5.56 Å². The molecule has 0 spiro atoms. The number of aromatic hydroxyl groups is 1. The molecule has 0 unspecified atom stereocenters. The monoisotopic (exact) mass is 176 g/mol. The molecule has 0 saturated carbocycles. The molecule has 1 rings (SSSR count). The topological polar surface area (TPSA) is 40.5 Å². The molecule has 2 nitrogen and oxygen atoms in total. The Morgan fingerprint density at radius 1 is 1.15 bits per heavy atom. The summed E-state index contributed by atoms with van der Waals surface area (Å²) >= 11 is 0. The first kappa shape index (κ1) is 9.55. The minimum Gasteiger partial charge on any atom is -0.508 e. The normalized spacial score (nSPS) is 10.8. The first-order chi connectivity index (χ1) is 6.14. The van der Waals surface area contributed by atoms with Gasteiger partial charge in [0.1, 0.15) is 11.4 Å². The lowest BCUT2D eigenvalue weighted by Gasteiger charge is -2.20. The van der Waals surface area contributed by atoms with E-state index in [1.54, 1.807) is 18.2 Å². The van der Waals surface area contributed by atoms with Gasteiger partial charge in [-0.15, -0.1) is 0 Å². The minimum atomic E-state index is -1.36. The molecule has 0 aliphatic carbocycles. The third-order valence-corrected chi connectivity index (χ3v) is 1.96. The molecule has 0 bridgehead atoms. The van der Waals surface area contributed by atoms with Crippen LogP contribution < -0.4 is 0 Å². The Morgan fingerprint density at radius 2 is 1.69 bits per heavy atom. The average molecular weight is 176 g/mol. The van der Waals surface area contributed by atoms with E-state index >= 15 is 0 Å². The number of benzene rings is 1. The van der Waals surface area contributed by atoms with Gasteiger partial charge in [0.15, 0.2) is 0 Å². The quantitative estimate of drug-likeness (QED) is 0.691. The number of hydrogen-bond donors (Lipinski definition) is 2. The Morgan fingerprint density at radius 3 is 2.15 bits per heavy atom. The molecule has 0 radical (unpaired) electrons. The summed E-state index contributed by atoms with van der Waals surface area (Å²) in [6.45, 7) is 6.98. The first-order valence-electron chi connectivity index (χ1n) is 3.92. The molecule has 0 aromatic heterocycles. The van der Waals surface area contributed by atoms with Crippen molar-refractivity contribution in [1.82, 2.24) is 0 Å². The van der Waals surface area contributed by atoms with E-state index in [-0.39, 0.29) is 5.75 Å². The second-order valence-electron chi connectivity index (χ2n) is 2.75. The van der Waals surface area contributed by atoms with E-state index in [2.05, 4.69) is 13.2 Å². The fraction of sp³-hybridized carbons (Fsp3) is 0.0909. The van der Waals surface area contributed by atoms with E-state index < -0.39 is 5.60 Å². The van der Waals surface area contributed by atoms with Gasteiger partial charge in [-0.1, -0.05) is 43.5 Å². The molecule has 2 N–H and O–H groups in total. The van der Waals surface area contributed by atoms with Gasteiger partial charge in [0.25, 0.3) is 0 Å². The van der Waals surface area contributed by atoms with Crippen LogP contribution >= 0.6 is 0 Å². The maximum absolute atomic E-state index is 9.88. The van der Waals surface area contributed by atoms with E-state index in [0.717, 1.165) is 0 Å². The second kappa shape index (κ2) is 3.46. The number of rotatable bonds is 3. The van der Waals surface area contributed by atoms with Crippen molar-refractivity contribution in [3.63, 3.8) is 0 Å². The lowest BCUT2D eigenvalue weighted by Crippen LogP contribution is -2.18. The lowest BCUT2D eigenvalue weighted by molar-refractivity contribution is 0.140. The van der Waals surface area contributed by atoms with Crippen LogP contribution in [0.15, 0.2) is 49.6 Å². The van der Waals surface area contributed by atoms with E-state index in [1.807, 2.05) is 0 Å². The summed E-state index contributed by atoms with van der Waals surface area (Å²) in [7, 11) is 0. The molecular formula is C11H12O2. The molecule has 13 heavy (non-hydrogen) atoms.